The van der Waals surface area contributed by atoms with Crippen molar-refractivity contribution in [1.82, 2.24) is 19.7 Å². The van der Waals surface area contributed by atoms with Crippen LogP contribution in [0.2, 0.25) is 0 Å². The van der Waals surface area contributed by atoms with Crippen LogP contribution in [-0.4, -0.2) is 58.4 Å². The summed E-state index contributed by atoms with van der Waals surface area (Å²) in [4.78, 5) is 8.66. The van der Waals surface area contributed by atoms with E-state index < -0.39 is 41.7 Å². The Morgan fingerprint density at radius 2 is 1.97 bits per heavy atom. The number of fused-ring (bicyclic) bond motifs is 1. The molecule has 0 amide bonds. The Labute approximate surface area is 194 Å². The van der Waals surface area contributed by atoms with Crippen molar-refractivity contribution in [3.63, 3.8) is 0 Å². The molecule has 3 aromatic rings. The fourth-order valence-electron chi connectivity index (χ4n) is 3.23. The zero-order valence-electron chi connectivity index (χ0n) is 16.9. The lowest BCUT2D eigenvalue weighted by Crippen LogP contribution is -2.30. The number of nitrogens with zero attached hydrogens (tertiary/aromatic N) is 4. The van der Waals surface area contributed by atoms with Crippen LogP contribution < -0.4 is 15.6 Å². The van der Waals surface area contributed by atoms with Gasteiger partial charge < -0.3 is 20.3 Å². The smallest absolute Gasteiger partial charge is 0.406 e. The Bertz CT molecular complexity index is 1290. The number of hydrogen-bond donors (Lipinski definition) is 3. The minimum atomic E-state index is -4.81. The van der Waals surface area contributed by atoms with Gasteiger partial charge in [0.1, 0.15) is 29.0 Å². The van der Waals surface area contributed by atoms with Gasteiger partial charge in [-0.3, -0.25) is 4.18 Å². The van der Waals surface area contributed by atoms with Crippen molar-refractivity contribution in [3.8, 4) is 5.75 Å². The fourth-order valence-corrected chi connectivity index (χ4v) is 4.48. The van der Waals surface area contributed by atoms with Crippen LogP contribution >= 0.6 is 11.8 Å². The van der Waals surface area contributed by atoms with Gasteiger partial charge in [-0.1, -0.05) is 11.8 Å². The summed E-state index contributed by atoms with van der Waals surface area (Å²) in [5.41, 5.74) is 6.29. The number of alkyl halides is 3. The Morgan fingerprint density at radius 1 is 1.26 bits per heavy atom. The maximum absolute atomic E-state index is 12.4. The zero-order valence-corrected chi connectivity index (χ0v) is 18.5. The lowest BCUT2D eigenvalue weighted by molar-refractivity contribution is -0.274. The van der Waals surface area contributed by atoms with Crippen molar-refractivity contribution < 1.29 is 40.4 Å². The molecular weight excluding hydrogens is 505 g/mol. The molecule has 3 heterocycles. The van der Waals surface area contributed by atoms with E-state index >= 15 is 0 Å². The highest BCUT2D eigenvalue weighted by molar-refractivity contribution is 7.99. The van der Waals surface area contributed by atoms with E-state index in [-0.39, 0.29) is 23.6 Å². The predicted molar refractivity (Wildman–Crippen MR) is 111 cm³/mol. The van der Waals surface area contributed by atoms with Crippen LogP contribution in [0.3, 0.4) is 0 Å². The first-order valence-corrected chi connectivity index (χ1v) is 11.7. The topological polar surface area (TPSA) is 178 Å². The van der Waals surface area contributed by atoms with E-state index in [1.807, 2.05) is 0 Å². The Kier molecular flexibility index (Phi) is 6.58. The lowest BCUT2D eigenvalue weighted by atomic mass is 10.2. The van der Waals surface area contributed by atoms with Crippen LogP contribution in [0.5, 0.6) is 5.75 Å². The second-order valence-electron chi connectivity index (χ2n) is 7.04. The van der Waals surface area contributed by atoms with Gasteiger partial charge in [0, 0.05) is 11.3 Å². The van der Waals surface area contributed by atoms with Crippen LogP contribution in [0.4, 0.5) is 19.0 Å². The molecule has 3 atom stereocenters. The first-order valence-electron chi connectivity index (χ1n) is 9.42. The Morgan fingerprint density at radius 3 is 2.62 bits per heavy atom. The summed E-state index contributed by atoms with van der Waals surface area (Å²) in [5, 5.41) is 20.2. The van der Waals surface area contributed by atoms with Gasteiger partial charge in [-0.25, -0.2) is 19.8 Å². The molecule has 4 rings (SSSR count). The van der Waals surface area contributed by atoms with Gasteiger partial charge in [-0.2, -0.15) is 13.5 Å². The molecule has 0 bridgehead atoms. The van der Waals surface area contributed by atoms with Crippen LogP contribution in [0.25, 0.3) is 11.0 Å². The van der Waals surface area contributed by atoms with E-state index in [0.717, 1.165) is 23.9 Å². The SMILES string of the molecule is Nc1ncnc2c1c(Sc1ccc(OC(F)(F)F)cc1)nn2[C@H]1C[C@H](O)[C@@H](COS(N)(=O)=O)O1. The fraction of sp³-hybridized carbons (Fsp3) is 0.353. The molecule has 34 heavy (non-hydrogen) atoms. The molecule has 184 valence electrons. The molecule has 1 aliphatic rings. The molecule has 17 heteroatoms. The van der Waals surface area contributed by atoms with E-state index in [9.17, 15) is 26.7 Å². The second kappa shape index (κ2) is 9.16. The van der Waals surface area contributed by atoms with Gasteiger partial charge in [0.25, 0.3) is 0 Å². The number of ether oxygens (including phenoxy) is 2. The minimum Gasteiger partial charge on any atom is -0.406 e. The van der Waals surface area contributed by atoms with Gasteiger partial charge in [0.15, 0.2) is 11.9 Å². The minimum absolute atomic E-state index is 0.0346. The summed E-state index contributed by atoms with van der Waals surface area (Å²) in [5.74, 6) is -0.278. The Hall–Kier alpha value is -2.70. The van der Waals surface area contributed by atoms with Gasteiger partial charge in [-0.05, 0) is 24.3 Å². The van der Waals surface area contributed by atoms with Crippen molar-refractivity contribution in [2.45, 2.75) is 41.1 Å². The molecule has 1 aromatic carbocycles. The number of nitrogens with two attached hydrogens (primary N) is 2. The maximum Gasteiger partial charge on any atom is 0.573 e. The van der Waals surface area contributed by atoms with Gasteiger partial charge in [-0.15, -0.1) is 13.2 Å². The molecular formula is C17H17F3N6O6S2. The number of aliphatic hydroxyl groups is 1. The molecule has 1 saturated heterocycles. The van der Waals surface area contributed by atoms with Crippen LogP contribution in [0.1, 0.15) is 12.6 Å². The van der Waals surface area contributed by atoms with Crippen molar-refractivity contribution in [1.29, 1.82) is 0 Å². The average molecular weight is 522 g/mol. The predicted octanol–water partition coefficient (Wildman–Crippen LogP) is 1.33. The molecule has 0 aliphatic carbocycles. The van der Waals surface area contributed by atoms with Gasteiger partial charge in [0.2, 0.25) is 0 Å². The van der Waals surface area contributed by atoms with Crippen molar-refractivity contribution in [3.05, 3.63) is 30.6 Å². The first kappa shape index (κ1) is 24.4. The van der Waals surface area contributed by atoms with Crippen LogP contribution in [0.15, 0.2) is 40.5 Å². The first-order chi connectivity index (χ1) is 15.9. The number of nitrogen functional groups attached to an aromatic ring is 1. The normalized spacial score (nSPS) is 21.3. The van der Waals surface area contributed by atoms with Crippen molar-refractivity contribution >= 4 is 38.9 Å². The third-order valence-electron chi connectivity index (χ3n) is 4.63. The van der Waals surface area contributed by atoms with E-state index in [1.165, 1.54) is 23.1 Å². The summed E-state index contributed by atoms with van der Waals surface area (Å²) >= 11 is 1.09. The standard InChI is InChI=1S/C17H17F3N6O6S2/c18-17(19,20)32-8-1-3-9(4-2-8)33-16-13-14(21)23-7-24-15(13)26(25-16)12-5-10(27)11(31-12)6-30-34(22,28)29/h1-4,7,10-12,27H,5-6H2,(H2,21,23,24)(H2,22,28,29)/t10-,11+,12+/m0/s1. The molecule has 12 nitrogen and oxygen atoms in total. The number of halogens is 3. The maximum atomic E-state index is 12.4. The molecule has 0 saturated carbocycles. The summed E-state index contributed by atoms with van der Waals surface area (Å²) < 4.78 is 74.6. The third-order valence-corrected chi connectivity index (χ3v) is 6.08. The number of aliphatic hydroxyl groups excluding tert-OH is 1. The molecule has 0 spiro atoms. The number of hydrogen-bond acceptors (Lipinski definition) is 11. The van der Waals surface area contributed by atoms with E-state index in [2.05, 4.69) is 24.0 Å². The molecule has 5 N–H and O–H groups in total. The van der Waals surface area contributed by atoms with Gasteiger partial charge >= 0.3 is 16.7 Å². The number of rotatable bonds is 7. The third kappa shape index (κ3) is 5.68. The molecule has 1 aliphatic heterocycles. The molecule has 0 radical (unpaired) electrons. The van der Waals surface area contributed by atoms with Crippen LogP contribution in [-0.2, 0) is 19.2 Å². The zero-order chi connectivity index (χ0) is 24.7. The van der Waals surface area contributed by atoms with Crippen molar-refractivity contribution in [2.75, 3.05) is 12.3 Å². The average Bonchev–Trinajstić information content (AvgIpc) is 3.27. The highest BCUT2D eigenvalue weighted by Crippen LogP contribution is 2.38. The number of benzene rings is 1. The molecule has 2 aromatic heterocycles. The van der Waals surface area contributed by atoms with E-state index in [0.29, 0.717) is 15.3 Å². The molecule has 0 unspecified atom stereocenters. The molecule has 1 fully saturated rings. The summed E-state index contributed by atoms with van der Waals surface area (Å²) in [7, 11) is -4.23. The van der Waals surface area contributed by atoms with Crippen molar-refractivity contribution in [2.24, 2.45) is 5.14 Å². The second-order valence-corrected chi connectivity index (χ2v) is 9.32. The van der Waals surface area contributed by atoms with Gasteiger partial charge in [0.05, 0.1) is 18.1 Å². The summed E-state index contributed by atoms with van der Waals surface area (Å²) in [6.07, 6.45) is -6.49. The lowest BCUT2D eigenvalue weighted by Gasteiger charge is -2.14. The quantitative estimate of drug-likeness (QED) is 0.408. The number of anilines is 1. The summed E-state index contributed by atoms with van der Waals surface area (Å²) in [6.45, 7) is -0.499. The monoisotopic (exact) mass is 522 g/mol. The van der Waals surface area contributed by atoms with E-state index in [4.69, 9.17) is 15.6 Å². The highest BCUT2D eigenvalue weighted by Gasteiger charge is 2.38. The summed E-state index contributed by atoms with van der Waals surface area (Å²) in [6, 6.07) is 5.13. The Balaban J connectivity index is 1.59. The number of aromatic nitrogens is 4. The largest absolute Gasteiger partial charge is 0.573 e. The highest BCUT2D eigenvalue weighted by atomic mass is 32.2. The van der Waals surface area contributed by atoms with Crippen LogP contribution in [0, 0.1) is 0 Å². The van der Waals surface area contributed by atoms with E-state index in [1.54, 1.807) is 0 Å².